The third-order valence-corrected chi connectivity index (χ3v) is 10.6. The van der Waals surface area contributed by atoms with E-state index < -0.39 is 0 Å². The van der Waals surface area contributed by atoms with Crippen molar-refractivity contribution in [3.63, 3.8) is 0 Å². The lowest BCUT2D eigenvalue weighted by Gasteiger charge is -2.25. The molecular formula is C51H35N3. The van der Waals surface area contributed by atoms with Crippen molar-refractivity contribution in [2.45, 2.75) is 6.04 Å². The fourth-order valence-corrected chi connectivity index (χ4v) is 7.87. The van der Waals surface area contributed by atoms with Gasteiger partial charge >= 0.3 is 0 Å². The van der Waals surface area contributed by atoms with Gasteiger partial charge in [0.1, 0.15) is 5.84 Å². The van der Waals surface area contributed by atoms with Crippen LogP contribution in [0.25, 0.3) is 71.4 Å². The zero-order valence-corrected chi connectivity index (χ0v) is 29.5. The highest BCUT2D eigenvalue weighted by atomic mass is 15.0. The summed E-state index contributed by atoms with van der Waals surface area (Å²) in [5.41, 5.74) is 11.2. The van der Waals surface area contributed by atoms with E-state index in [4.69, 9.17) is 4.99 Å². The number of rotatable bonds is 6. The van der Waals surface area contributed by atoms with Crippen molar-refractivity contribution in [3.8, 4) is 33.4 Å². The molecule has 0 fully saturated rings. The highest BCUT2D eigenvalue weighted by molar-refractivity contribution is 6.13. The van der Waals surface area contributed by atoms with Crippen molar-refractivity contribution in [2.24, 2.45) is 4.99 Å². The van der Waals surface area contributed by atoms with Crippen LogP contribution >= 0.6 is 0 Å². The normalized spacial score (nSPS) is 14.1. The van der Waals surface area contributed by atoms with Crippen LogP contribution in [0.15, 0.2) is 205 Å². The molecule has 2 heterocycles. The van der Waals surface area contributed by atoms with Gasteiger partial charge in [-0.25, -0.2) is 4.99 Å². The SMILES string of the molecule is C1=C(c2ccc(-c3cccnc3)cc2)N=C(c2cccc(-c3cccc4ccccc34)c2)NC1c1ccc(-c2cc3ccccc3c3ccccc23)cc1. The summed E-state index contributed by atoms with van der Waals surface area (Å²) >= 11 is 0. The molecule has 9 aromatic rings. The van der Waals surface area contributed by atoms with Gasteiger partial charge in [-0.2, -0.15) is 0 Å². The lowest BCUT2D eigenvalue weighted by atomic mass is 9.92. The Morgan fingerprint density at radius 1 is 0.407 bits per heavy atom. The van der Waals surface area contributed by atoms with Crippen molar-refractivity contribution in [3.05, 3.63) is 217 Å². The molecule has 1 N–H and O–H groups in total. The Balaban J connectivity index is 1.05. The molecule has 0 saturated carbocycles. The molecule has 0 bridgehead atoms. The predicted molar refractivity (Wildman–Crippen MR) is 226 cm³/mol. The molecule has 54 heavy (non-hydrogen) atoms. The van der Waals surface area contributed by atoms with Crippen molar-refractivity contribution in [1.29, 1.82) is 0 Å². The number of fused-ring (bicyclic) bond motifs is 4. The van der Waals surface area contributed by atoms with Gasteiger partial charge in [-0.3, -0.25) is 4.98 Å². The average molecular weight is 690 g/mol. The first-order chi connectivity index (χ1) is 26.7. The summed E-state index contributed by atoms with van der Waals surface area (Å²) in [6, 6.07) is 65.2. The number of amidine groups is 1. The van der Waals surface area contributed by atoms with Crippen LogP contribution in [0.2, 0.25) is 0 Å². The van der Waals surface area contributed by atoms with Gasteiger partial charge < -0.3 is 5.32 Å². The van der Waals surface area contributed by atoms with Gasteiger partial charge in [0.15, 0.2) is 0 Å². The molecule has 0 aliphatic carbocycles. The topological polar surface area (TPSA) is 37.3 Å². The highest BCUT2D eigenvalue weighted by Crippen LogP contribution is 2.37. The Kier molecular flexibility index (Phi) is 7.88. The molecule has 3 heteroatoms. The van der Waals surface area contributed by atoms with E-state index in [1.54, 1.807) is 6.20 Å². The maximum Gasteiger partial charge on any atom is 0.134 e. The van der Waals surface area contributed by atoms with Gasteiger partial charge in [0.05, 0.1) is 11.7 Å². The van der Waals surface area contributed by atoms with Crippen LogP contribution < -0.4 is 5.32 Å². The zero-order valence-electron chi connectivity index (χ0n) is 29.5. The largest absolute Gasteiger partial charge is 0.359 e. The van der Waals surface area contributed by atoms with E-state index >= 15 is 0 Å². The second kappa shape index (κ2) is 13.5. The molecule has 0 amide bonds. The van der Waals surface area contributed by atoms with Crippen LogP contribution in [-0.2, 0) is 0 Å². The van der Waals surface area contributed by atoms with Crippen LogP contribution in [0.4, 0.5) is 0 Å². The molecular weight excluding hydrogens is 655 g/mol. The molecule has 0 radical (unpaired) electrons. The first-order valence-electron chi connectivity index (χ1n) is 18.4. The number of hydrogen-bond donors (Lipinski definition) is 1. The van der Waals surface area contributed by atoms with Crippen molar-refractivity contribution in [2.75, 3.05) is 0 Å². The monoisotopic (exact) mass is 689 g/mol. The van der Waals surface area contributed by atoms with E-state index in [2.05, 4.69) is 192 Å². The Hall–Kier alpha value is -7.10. The van der Waals surface area contributed by atoms with E-state index in [0.717, 1.165) is 39.3 Å². The van der Waals surface area contributed by atoms with E-state index in [1.807, 2.05) is 12.3 Å². The number of aliphatic imine (C=N–C) groups is 1. The second-order valence-electron chi connectivity index (χ2n) is 13.9. The number of nitrogens with zero attached hydrogens (tertiary/aromatic N) is 2. The fourth-order valence-electron chi connectivity index (χ4n) is 7.87. The second-order valence-corrected chi connectivity index (χ2v) is 13.9. The maximum absolute atomic E-state index is 5.28. The fraction of sp³-hybridized carbons (Fsp3) is 0.0196. The smallest absolute Gasteiger partial charge is 0.134 e. The van der Waals surface area contributed by atoms with Crippen LogP contribution in [0.5, 0.6) is 0 Å². The van der Waals surface area contributed by atoms with E-state index in [0.29, 0.717) is 0 Å². The van der Waals surface area contributed by atoms with E-state index in [9.17, 15) is 0 Å². The molecule has 1 unspecified atom stereocenters. The highest BCUT2D eigenvalue weighted by Gasteiger charge is 2.21. The third-order valence-electron chi connectivity index (χ3n) is 10.6. The molecule has 254 valence electrons. The Morgan fingerprint density at radius 3 is 1.87 bits per heavy atom. The van der Waals surface area contributed by atoms with Crippen molar-refractivity contribution < 1.29 is 0 Å². The Bertz CT molecular complexity index is 2880. The van der Waals surface area contributed by atoms with E-state index in [1.165, 1.54) is 54.6 Å². The molecule has 1 aromatic heterocycles. The molecule has 0 saturated heterocycles. The van der Waals surface area contributed by atoms with Gasteiger partial charge in [-0.1, -0.05) is 164 Å². The standard InChI is InChI=1S/C51H35N3/c1-3-16-43-35(10-1)12-8-20-44(43)39-13-7-14-41(30-39)51-53-49(37-25-21-34(22-26-37)42-15-9-29-52-33-42)32-50(54-51)38-27-23-36(24-28-38)48-31-40-11-2-4-17-45(40)46-18-5-6-19-47(46)48/h1-33,50H,(H,53,54). The number of benzene rings is 8. The molecule has 3 nitrogen and oxygen atoms in total. The number of pyridine rings is 1. The summed E-state index contributed by atoms with van der Waals surface area (Å²) in [4.78, 5) is 9.60. The summed E-state index contributed by atoms with van der Waals surface area (Å²) in [5, 5.41) is 11.4. The maximum atomic E-state index is 5.28. The summed E-state index contributed by atoms with van der Waals surface area (Å²) in [7, 11) is 0. The number of aromatic nitrogens is 1. The molecule has 1 aliphatic heterocycles. The minimum Gasteiger partial charge on any atom is -0.359 e. The van der Waals surface area contributed by atoms with Gasteiger partial charge in [0, 0.05) is 18.0 Å². The van der Waals surface area contributed by atoms with Gasteiger partial charge in [0.25, 0.3) is 0 Å². The molecule has 0 spiro atoms. The first-order valence-corrected chi connectivity index (χ1v) is 18.4. The molecule has 1 atom stereocenters. The quantitative estimate of drug-likeness (QED) is 0.176. The average Bonchev–Trinajstić information content (AvgIpc) is 3.26. The summed E-state index contributed by atoms with van der Waals surface area (Å²) in [6.07, 6.45) is 5.95. The Labute approximate surface area is 314 Å². The summed E-state index contributed by atoms with van der Waals surface area (Å²) < 4.78 is 0. The molecule has 8 aromatic carbocycles. The van der Waals surface area contributed by atoms with Gasteiger partial charge in [0.2, 0.25) is 0 Å². The van der Waals surface area contributed by atoms with E-state index in [-0.39, 0.29) is 6.04 Å². The Morgan fingerprint density at radius 2 is 1.06 bits per heavy atom. The predicted octanol–water partition coefficient (Wildman–Crippen LogP) is 12.7. The minimum atomic E-state index is -0.0888. The minimum absolute atomic E-state index is 0.0888. The van der Waals surface area contributed by atoms with Crippen LogP contribution in [0.3, 0.4) is 0 Å². The van der Waals surface area contributed by atoms with Crippen molar-refractivity contribution in [1.82, 2.24) is 10.3 Å². The zero-order chi connectivity index (χ0) is 35.8. The molecule has 10 rings (SSSR count). The number of hydrogen-bond acceptors (Lipinski definition) is 3. The third kappa shape index (κ3) is 5.82. The van der Waals surface area contributed by atoms with Gasteiger partial charge in [-0.05, 0) is 101 Å². The molecule has 1 aliphatic rings. The first kappa shape index (κ1) is 31.6. The number of nitrogens with one attached hydrogen (secondary N) is 1. The lowest BCUT2D eigenvalue weighted by Crippen LogP contribution is -2.31. The van der Waals surface area contributed by atoms with Crippen LogP contribution in [-0.4, -0.2) is 10.8 Å². The van der Waals surface area contributed by atoms with Crippen LogP contribution in [0.1, 0.15) is 22.7 Å². The summed E-state index contributed by atoms with van der Waals surface area (Å²) in [5.74, 6) is 0.848. The lowest BCUT2D eigenvalue weighted by molar-refractivity contribution is 0.781. The van der Waals surface area contributed by atoms with Crippen molar-refractivity contribution >= 4 is 43.9 Å². The van der Waals surface area contributed by atoms with Gasteiger partial charge in [-0.15, -0.1) is 0 Å². The van der Waals surface area contributed by atoms with Crippen LogP contribution in [0, 0.1) is 0 Å². The summed E-state index contributed by atoms with van der Waals surface area (Å²) in [6.45, 7) is 0.